The molecule has 0 N–H and O–H groups in total. The van der Waals surface area contributed by atoms with Gasteiger partial charge in [-0.25, -0.2) is 4.39 Å². The second kappa shape index (κ2) is 7.50. The fourth-order valence-corrected chi connectivity index (χ4v) is 2.47. The Morgan fingerprint density at radius 2 is 2.29 bits per heavy atom. The fourth-order valence-electron chi connectivity index (χ4n) is 1.83. The molecule has 0 aliphatic rings. The molecule has 3 aromatic rings. The number of aromatic nitrogens is 3. The lowest BCUT2D eigenvalue weighted by Crippen LogP contribution is -1.95. The minimum atomic E-state index is -0.414. The fraction of sp³-hybridized carbons (Fsp3) is 0.133. The molecule has 24 heavy (non-hydrogen) atoms. The SMILES string of the molecule is CSc1nncn1/N=C\c1ccc(COc2ccc(F)cc2Cl)o1. The van der Waals surface area contributed by atoms with Crippen LogP contribution in [-0.2, 0) is 6.61 Å². The van der Waals surface area contributed by atoms with Gasteiger partial charge in [0.25, 0.3) is 0 Å². The standard InChI is InChI=1S/C15H12ClFN4O2S/c1-24-15-20-18-9-21(15)19-7-11-3-4-12(23-11)8-22-14-5-2-10(17)6-13(14)16/h2-7,9H,8H2,1H3/b19-7-. The van der Waals surface area contributed by atoms with Crippen molar-refractivity contribution in [1.82, 2.24) is 14.9 Å². The normalized spacial score (nSPS) is 11.3. The molecule has 3 rings (SSSR count). The maximum Gasteiger partial charge on any atom is 0.211 e. The van der Waals surface area contributed by atoms with Crippen molar-refractivity contribution in [3.8, 4) is 5.75 Å². The molecule has 0 aliphatic heterocycles. The van der Waals surface area contributed by atoms with E-state index in [1.165, 1.54) is 36.3 Å². The van der Waals surface area contributed by atoms with Gasteiger partial charge in [-0.05, 0) is 36.6 Å². The summed E-state index contributed by atoms with van der Waals surface area (Å²) in [5.74, 6) is 1.12. The van der Waals surface area contributed by atoms with E-state index >= 15 is 0 Å². The van der Waals surface area contributed by atoms with E-state index in [2.05, 4.69) is 15.3 Å². The number of benzene rings is 1. The zero-order valence-electron chi connectivity index (χ0n) is 12.5. The maximum atomic E-state index is 13.0. The van der Waals surface area contributed by atoms with Gasteiger partial charge < -0.3 is 9.15 Å². The summed E-state index contributed by atoms with van der Waals surface area (Å²) in [6.07, 6.45) is 4.95. The van der Waals surface area contributed by atoms with Gasteiger partial charge >= 0.3 is 0 Å². The van der Waals surface area contributed by atoms with E-state index in [9.17, 15) is 4.39 Å². The summed E-state index contributed by atoms with van der Waals surface area (Å²) < 4.78 is 25.6. The van der Waals surface area contributed by atoms with Gasteiger partial charge in [0.05, 0.1) is 11.2 Å². The van der Waals surface area contributed by atoms with Gasteiger partial charge in [-0.2, -0.15) is 9.78 Å². The average Bonchev–Trinajstić information content (AvgIpc) is 3.20. The van der Waals surface area contributed by atoms with E-state index in [4.69, 9.17) is 20.8 Å². The summed E-state index contributed by atoms with van der Waals surface area (Å²) in [6.45, 7) is 0.169. The summed E-state index contributed by atoms with van der Waals surface area (Å²) in [5.41, 5.74) is 0. The molecule has 124 valence electrons. The van der Waals surface area contributed by atoms with Crippen LogP contribution in [0.1, 0.15) is 11.5 Å². The molecule has 0 bridgehead atoms. The third-order valence-corrected chi connectivity index (χ3v) is 3.87. The molecule has 1 aromatic carbocycles. The van der Waals surface area contributed by atoms with Crippen LogP contribution in [0.3, 0.4) is 0 Å². The summed E-state index contributed by atoms with van der Waals surface area (Å²) in [4.78, 5) is 0. The molecule has 0 unspecified atom stereocenters. The van der Waals surface area contributed by atoms with Gasteiger partial charge in [0.1, 0.15) is 36.0 Å². The topological polar surface area (TPSA) is 65.4 Å². The first-order valence-electron chi connectivity index (χ1n) is 6.80. The molecule has 0 atom stereocenters. The lowest BCUT2D eigenvalue weighted by molar-refractivity contribution is 0.269. The highest BCUT2D eigenvalue weighted by atomic mass is 35.5. The molecule has 0 saturated carbocycles. The Bertz CT molecular complexity index is 865. The Hall–Kier alpha value is -2.32. The predicted octanol–water partition coefficient (Wildman–Crippen LogP) is 3.85. The van der Waals surface area contributed by atoms with Gasteiger partial charge in [-0.3, -0.25) is 0 Å². The number of hydrogen-bond donors (Lipinski definition) is 0. The van der Waals surface area contributed by atoms with Crippen LogP contribution in [0, 0.1) is 5.82 Å². The number of halogens is 2. The molecular formula is C15H12ClFN4O2S. The van der Waals surface area contributed by atoms with Crippen molar-refractivity contribution < 1.29 is 13.5 Å². The minimum Gasteiger partial charge on any atom is -0.484 e. The first-order chi connectivity index (χ1) is 11.7. The van der Waals surface area contributed by atoms with Crippen molar-refractivity contribution in [2.24, 2.45) is 5.10 Å². The summed E-state index contributed by atoms with van der Waals surface area (Å²) in [6, 6.07) is 7.47. The summed E-state index contributed by atoms with van der Waals surface area (Å²) >= 11 is 7.34. The quantitative estimate of drug-likeness (QED) is 0.489. The third-order valence-electron chi connectivity index (χ3n) is 2.94. The summed E-state index contributed by atoms with van der Waals surface area (Å²) in [7, 11) is 0. The van der Waals surface area contributed by atoms with E-state index in [-0.39, 0.29) is 11.6 Å². The van der Waals surface area contributed by atoms with Crippen molar-refractivity contribution in [1.29, 1.82) is 0 Å². The minimum absolute atomic E-state index is 0.169. The van der Waals surface area contributed by atoms with E-state index in [1.54, 1.807) is 23.0 Å². The van der Waals surface area contributed by atoms with E-state index in [1.807, 2.05) is 6.26 Å². The highest BCUT2D eigenvalue weighted by Crippen LogP contribution is 2.25. The first kappa shape index (κ1) is 16.5. The van der Waals surface area contributed by atoms with Crippen LogP contribution in [0.15, 0.2) is 51.3 Å². The van der Waals surface area contributed by atoms with Crippen LogP contribution >= 0.6 is 23.4 Å². The van der Waals surface area contributed by atoms with Gasteiger partial charge in [-0.15, -0.1) is 10.2 Å². The highest BCUT2D eigenvalue weighted by Gasteiger charge is 2.06. The average molecular weight is 367 g/mol. The van der Waals surface area contributed by atoms with Crippen LogP contribution in [-0.4, -0.2) is 27.3 Å². The molecule has 0 radical (unpaired) electrons. The molecule has 6 nitrogen and oxygen atoms in total. The van der Waals surface area contributed by atoms with Crippen LogP contribution in [0.5, 0.6) is 5.75 Å². The molecule has 0 fully saturated rings. The molecule has 0 amide bonds. The van der Waals surface area contributed by atoms with Crippen molar-refractivity contribution in [2.75, 3.05) is 6.26 Å². The number of nitrogens with zero attached hydrogens (tertiary/aromatic N) is 4. The van der Waals surface area contributed by atoms with E-state index in [0.717, 1.165) is 0 Å². The zero-order chi connectivity index (χ0) is 16.9. The molecular weight excluding hydrogens is 355 g/mol. The Kier molecular flexibility index (Phi) is 5.17. The van der Waals surface area contributed by atoms with Crippen molar-refractivity contribution >= 4 is 29.6 Å². The van der Waals surface area contributed by atoms with Gasteiger partial charge in [-0.1, -0.05) is 23.4 Å². The maximum absolute atomic E-state index is 13.0. The lowest BCUT2D eigenvalue weighted by Gasteiger charge is -2.05. The first-order valence-corrected chi connectivity index (χ1v) is 8.41. The number of thioether (sulfide) groups is 1. The van der Waals surface area contributed by atoms with Crippen LogP contribution < -0.4 is 4.74 Å². The highest BCUT2D eigenvalue weighted by molar-refractivity contribution is 7.98. The van der Waals surface area contributed by atoms with Crippen molar-refractivity contribution in [2.45, 2.75) is 11.8 Å². The molecule has 2 aromatic heterocycles. The molecule has 2 heterocycles. The van der Waals surface area contributed by atoms with Crippen LogP contribution in [0.4, 0.5) is 4.39 Å². The predicted molar refractivity (Wildman–Crippen MR) is 89.2 cm³/mol. The third kappa shape index (κ3) is 3.95. The molecule has 0 aliphatic carbocycles. The number of furan rings is 1. The second-order valence-electron chi connectivity index (χ2n) is 4.57. The smallest absolute Gasteiger partial charge is 0.211 e. The van der Waals surface area contributed by atoms with Crippen LogP contribution in [0.2, 0.25) is 5.02 Å². The van der Waals surface area contributed by atoms with E-state index < -0.39 is 5.82 Å². The lowest BCUT2D eigenvalue weighted by atomic mass is 10.3. The Balaban J connectivity index is 1.63. The Morgan fingerprint density at radius 3 is 3.08 bits per heavy atom. The Labute approximate surface area is 146 Å². The van der Waals surface area contributed by atoms with Crippen molar-refractivity contribution in [3.63, 3.8) is 0 Å². The number of rotatable bonds is 6. The zero-order valence-corrected chi connectivity index (χ0v) is 14.1. The summed E-state index contributed by atoms with van der Waals surface area (Å²) in [5, 5.41) is 12.8. The Morgan fingerprint density at radius 1 is 1.42 bits per heavy atom. The monoisotopic (exact) mass is 366 g/mol. The van der Waals surface area contributed by atoms with E-state index in [0.29, 0.717) is 22.4 Å². The molecule has 9 heteroatoms. The van der Waals surface area contributed by atoms with Crippen LogP contribution in [0.25, 0.3) is 0 Å². The van der Waals surface area contributed by atoms with Gasteiger partial charge in [0.15, 0.2) is 0 Å². The number of hydrogen-bond acceptors (Lipinski definition) is 6. The largest absolute Gasteiger partial charge is 0.484 e. The van der Waals surface area contributed by atoms with Gasteiger partial charge in [0, 0.05) is 0 Å². The van der Waals surface area contributed by atoms with Gasteiger partial charge in [0.2, 0.25) is 5.16 Å². The number of ether oxygens (including phenoxy) is 1. The molecule has 0 saturated heterocycles. The molecule has 0 spiro atoms. The van der Waals surface area contributed by atoms with Crippen molar-refractivity contribution in [3.05, 3.63) is 59.0 Å². The second-order valence-corrected chi connectivity index (χ2v) is 5.75.